The Bertz CT molecular complexity index is 295. The van der Waals surface area contributed by atoms with Gasteiger partial charge in [-0.2, -0.15) is 5.48 Å². The van der Waals surface area contributed by atoms with Gasteiger partial charge in [0.15, 0.2) is 0 Å². The molecule has 2 aliphatic rings. The van der Waals surface area contributed by atoms with Crippen molar-refractivity contribution in [2.45, 2.75) is 90.3 Å². The number of nitrogens with one attached hydrogen (secondary N) is 2. The molecule has 1 saturated heterocycles. The molecule has 1 aliphatic carbocycles. The van der Waals surface area contributed by atoms with E-state index in [0.717, 1.165) is 31.9 Å². The van der Waals surface area contributed by atoms with E-state index in [1.807, 2.05) is 19.1 Å². The van der Waals surface area contributed by atoms with Crippen molar-refractivity contribution in [3.63, 3.8) is 0 Å². The Morgan fingerprint density at radius 3 is 2.52 bits per heavy atom. The zero-order chi connectivity index (χ0) is 16.9. The van der Waals surface area contributed by atoms with Crippen molar-refractivity contribution in [2.75, 3.05) is 13.2 Å². The van der Waals surface area contributed by atoms with Crippen LogP contribution in [0, 0.1) is 5.92 Å². The van der Waals surface area contributed by atoms with Crippen LogP contribution in [0.2, 0.25) is 0 Å². The van der Waals surface area contributed by atoms with Gasteiger partial charge in [0, 0.05) is 25.2 Å². The summed E-state index contributed by atoms with van der Waals surface area (Å²) >= 11 is 0. The predicted molar refractivity (Wildman–Crippen MR) is 96.8 cm³/mol. The van der Waals surface area contributed by atoms with Crippen LogP contribution in [0.4, 0.5) is 0 Å². The van der Waals surface area contributed by atoms with E-state index < -0.39 is 0 Å². The first-order valence-corrected chi connectivity index (χ1v) is 9.60. The average molecular weight is 327 g/mol. The first-order chi connectivity index (χ1) is 11.2. The fourth-order valence-corrected chi connectivity index (χ4v) is 3.22. The standard InChI is InChI=1S/C12H23NO.C7H15NO/c1-10-7-12(8-13-10)14-9-11-5-3-2-4-6-11;1-3-5-6-7(4-2)8-9/h10-13H,2-9H2,1H3;5-9H,3-4H2,1-2H3/b;6-5-. The summed E-state index contributed by atoms with van der Waals surface area (Å²) in [4.78, 5) is 0. The van der Waals surface area contributed by atoms with Gasteiger partial charge in [-0.1, -0.05) is 45.3 Å². The second-order valence-corrected chi connectivity index (χ2v) is 6.98. The highest BCUT2D eigenvalue weighted by Crippen LogP contribution is 2.24. The molecule has 0 aromatic rings. The molecule has 136 valence electrons. The molecule has 0 spiro atoms. The molecule has 0 radical (unpaired) electrons. The molecule has 3 unspecified atom stereocenters. The number of hydrogen-bond donors (Lipinski definition) is 3. The maximum Gasteiger partial charge on any atom is 0.0714 e. The zero-order valence-electron chi connectivity index (χ0n) is 15.4. The monoisotopic (exact) mass is 326 g/mol. The largest absolute Gasteiger partial charge is 0.377 e. The molecular weight excluding hydrogens is 288 g/mol. The van der Waals surface area contributed by atoms with Gasteiger partial charge in [-0.15, -0.1) is 0 Å². The van der Waals surface area contributed by atoms with Crippen LogP contribution in [0.5, 0.6) is 0 Å². The van der Waals surface area contributed by atoms with Gasteiger partial charge in [0.25, 0.3) is 0 Å². The molecule has 0 bridgehead atoms. The molecule has 0 aromatic heterocycles. The summed E-state index contributed by atoms with van der Waals surface area (Å²) in [6.45, 7) is 8.41. The lowest BCUT2D eigenvalue weighted by atomic mass is 9.90. The quantitative estimate of drug-likeness (QED) is 0.488. The van der Waals surface area contributed by atoms with Gasteiger partial charge in [-0.3, -0.25) is 0 Å². The third kappa shape index (κ3) is 9.46. The maximum absolute atomic E-state index is 8.45. The topological polar surface area (TPSA) is 53.5 Å². The molecule has 2 rings (SSSR count). The maximum atomic E-state index is 8.45. The summed E-state index contributed by atoms with van der Waals surface area (Å²) in [5, 5.41) is 11.9. The minimum atomic E-state index is 0.130. The van der Waals surface area contributed by atoms with Crippen LogP contribution in [0.15, 0.2) is 12.2 Å². The van der Waals surface area contributed by atoms with Gasteiger partial charge in [0.2, 0.25) is 0 Å². The van der Waals surface area contributed by atoms with Crippen molar-refractivity contribution < 1.29 is 9.94 Å². The van der Waals surface area contributed by atoms with Crippen LogP contribution < -0.4 is 10.8 Å². The van der Waals surface area contributed by atoms with Crippen molar-refractivity contribution in [3.8, 4) is 0 Å². The Kier molecular flexibility index (Phi) is 11.6. The average Bonchev–Trinajstić information content (AvgIpc) is 3.01. The van der Waals surface area contributed by atoms with E-state index in [4.69, 9.17) is 9.94 Å². The lowest BCUT2D eigenvalue weighted by molar-refractivity contribution is 0.0310. The lowest BCUT2D eigenvalue weighted by Gasteiger charge is -2.23. The summed E-state index contributed by atoms with van der Waals surface area (Å²) in [5.74, 6) is 0.861. The van der Waals surface area contributed by atoms with Crippen LogP contribution in [0.1, 0.15) is 72.1 Å². The smallest absolute Gasteiger partial charge is 0.0714 e. The molecule has 23 heavy (non-hydrogen) atoms. The van der Waals surface area contributed by atoms with Crippen molar-refractivity contribution in [2.24, 2.45) is 5.92 Å². The molecule has 1 aliphatic heterocycles. The van der Waals surface area contributed by atoms with E-state index in [1.54, 1.807) is 0 Å². The highest BCUT2D eigenvalue weighted by Gasteiger charge is 2.22. The molecule has 2 fully saturated rings. The van der Waals surface area contributed by atoms with Gasteiger partial charge in [0.1, 0.15) is 0 Å². The van der Waals surface area contributed by atoms with E-state index >= 15 is 0 Å². The van der Waals surface area contributed by atoms with E-state index in [-0.39, 0.29) is 6.04 Å². The third-order valence-electron chi connectivity index (χ3n) is 4.81. The van der Waals surface area contributed by atoms with E-state index in [1.165, 1.54) is 38.5 Å². The number of rotatable bonds is 7. The molecule has 0 amide bonds. The van der Waals surface area contributed by atoms with Crippen LogP contribution in [-0.4, -0.2) is 36.5 Å². The van der Waals surface area contributed by atoms with E-state index in [2.05, 4.69) is 24.6 Å². The van der Waals surface area contributed by atoms with Gasteiger partial charge in [-0.05, 0) is 44.9 Å². The summed E-state index contributed by atoms with van der Waals surface area (Å²) in [6, 6.07) is 0.788. The molecule has 1 saturated carbocycles. The fourth-order valence-electron chi connectivity index (χ4n) is 3.22. The van der Waals surface area contributed by atoms with Gasteiger partial charge >= 0.3 is 0 Å². The van der Waals surface area contributed by atoms with Crippen LogP contribution in [0.25, 0.3) is 0 Å². The molecule has 3 atom stereocenters. The minimum Gasteiger partial charge on any atom is -0.377 e. The van der Waals surface area contributed by atoms with Crippen molar-refractivity contribution in [1.29, 1.82) is 0 Å². The predicted octanol–water partition coefficient (Wildman–Crippen LogP) is 4.04. The molecule has 4 heteroatoms. The summed E-state index contributed by atoms with van der Waals surface area (Å²) < 4.78 is 5.95. The Balaban J connectivity index is 0.000000257. The number of ether oxygens (including phenoxy) is 1. The third-order valence-corrected chi connectivity index (χ3v) is 4.81. The second kappa shape index (κ2) is 12.9. The SMILES string of the molecule is CC/C=C\C(CC)NO.CC1CC(OCC2CCCCC2)CN1. The van der Waals surface area contributed by atoms with Crippen molar-refractivity contribution in [3.05, 3.63) is 12.2 Å². The van der Waals surface area contributed by atoms with Gasteiger partial charge < -0.3 is 15.3 Å². The van der Waals surface area contributed by atoms with E-state index in [0.29, 0.717) is 12.1 Å². The highest BCUT2D eigenvalue weighted by atomic mass is 16.5. The number of allylic oxidation sites excluding steroid dienone is 1. The number of hydroxylamine groups is 1. The normalized spacial score (nSPS) is 27.0. The molecule has 3 N–H and O–H groups in total. The Hall–Kier alpha value is -0.420. The molecule has 1 heterocycles. The first-order valence-electron chi connectivity index (χ1n) is 9.60. The number of hydrogen-bond acceptors (Lipinski definition) is 4. The Labute approximate surface area is 143 Å². The van der Waals surface area contributed by atoms with Crippen molar-refractivity contribution >= 4 is 0 Å². The van der Waals surface area contributed by atoms with Crippen LogP contribution >= 0.6 is 0 Å². The fraction of sp³-hybridized carbons (Fsp3) is 0.895. The Morgan fingerprint density at radius 2 is 2.00 bits per heavy atom. The summed E-state index contributed by atoms with van der Waals surface area (Å²) in [6.07, 6.45) is 14.7. The summed E-state index contributed by atoms with van der Waals surface area (Å²) in [5.41, 5.74) is 2.20. The van der Waals surface area contributed by atoms with E-state index in [9.17, 15) is 0 Å². The minimum absolute atomic E-state index is 0.130. The Morgan fingerprint density at radius 1 is 1.26 bits per heavy atom. The van der Waals surface area contributed by atoms with Crippen LogP contribution in [0.3, 0.4) is 0 Å². The van der Waals surface area contributed by atoms with Gasteiger partial charge in [0.05, 0.1) is 6.10 Å². The second-order valence-electron chi connectivity index (χ2n) is 6.98. The first kappa shape index (κ1) is 20.6. The van der Waals surface area contributed by atoms with Crippen molar-refractivity contribution in [1.82, 2.24) is 10.8 Å². The highest BCUT2D eigenvalue weighted by molar-refractivity contribution is 4.89. The molecule has 4 nitrogen and oxygen atoms in total. The van der Waals surface area contributed by atoms with Crippen LogP contribution in [-0.2, 0) is 4.74 Å². The van der Waals surface area contributed by atoms with Gasteiger partial charge in [-0.25, -0.2) is 0 Å². The summed E-state index contributed by atoms with van der Waals surface area (Å²) in [7, 11) is 0. The molecular formula is C19H38N2O2. The molecule has 0 aromatic carbocycles. The lowest BCUT2D eigenvalue weighted by Crippen LogP contribution is -2.22. The zero-order valence-corrected chi connectivity index (χ0v) is 15.4.